The van der Waals surface area contributed by atoms with Gasteiger partial charge in [0.05, 0.1) is 6.33 Å². The SMILES string of the molecule is CC1CCCN(CCNC(=O)Cn2c(=O)c3c(ncn3C)n(C)c2=O)C1. The first-order chi connectivity index (χ1) is 12.4. The lowest BCUT2D eigenvalue weighted by molar-refractivity contribution is -0.121. The van der Waals surface area contributed by atoms with Crippen LogP contribution in [0.15, 0.2) is 15.9 Å². The fourth-order valence-corrected chi connectivity index (χ4v) is 3.58. The van der Waals surface area contributed by atoms with E-state index in [0.29, 0.717) is 23.6 Å². The van der Waals surface area contributed by atoms with Crippen molar-refractivity contribution in [1.29, 1.82) is 0 Å². The molecular formula is C17H26N6O3. The average Bonchev–Trinajstić information content (AvgIpc) is 2.99. The maximum absolute atomic E-state index is 12.6. The van der Waals surface area contributed by atoms with E-state index in [1.54, 1.807) is 18.7 Å². The average molecular weight is 362 g/mol. The molecule has 1 unspecified atom stereocenters. The van der Waals surface area contributed by atoms with Crippen molar-refractivity contribution in [2.24, 2.45) is 20.0 Å². The van der Waals surface area contributed by atoms with Crippen LogP contribution in [0.5, 0.6) is 0 Å². The Morgan fingerprint density at radius 3 is 2.85 bits per heavy atom. The predicted molar refractivity (Wildman–Crippen MR) is 98.1 cm³/mol. The largest absolute Gasteiger partial charge is 0.353 e. The molecule has 0 aliphatic carbocycles. The minimum Gasteiger partial charge on any atom is -0.353 e. The van der Waals surface area contributed by atoms with Gasteiger partial charge < -0.3 is 14.8 Å². The molecule has 0 aromatic carbocycles. The Hall–Kier alpha value is -2.42. The third-order valence-electron chi connectivity index (χ3n) is 4.99. The highest BCUT2D eigenvalue weighted by atomic mass is 16.2. The maximum Gasteiger partial charge on any atom is 0.332 e. The Balaban J connectivity index is 1.67. The fraction of sp³-hybridized carbons (Fsp3) is 0.647. The van der Waals surface area contributed by atoms with Gasteiger partial charge in [0, 0.05) is 33.7 Å². The van der Waals surface area contributed by atoms with E-state index in [0.717, 1.165) is 24.2 Å². The molecule has 1 N–H and O–H groups in total. The molecule has 1 fully saturated rings. The molecular weight excluding hydrogens is 336 g/mol. The van der Waals surface area contributed by atoms with Crippen molar-refractivity contribution >= 4 is 17.1 Å². The van der Waals surface area contributed by atoms with Gasteiger partial charge in [-0.25, -0.2) is 14.3 Å². The first kappa shape index (κ1) is 18.4. The highest BCUT2D eigenvalue weighted by molar-refractivity contribution is 5.76. The third kappa shape index (κ3) is 3.57. The number of carbonyl (C=O) groups is 1. The van der Waals surface area contributed by atoms with Crippen LogP contribution in [0.1, 0.15) is 19.8 Å². The van der Waals surface area contributed by atoms with Crippen LogP contribution >= 0.6 is 0 Å². The summed E-state index contributed by atoms with van der Waals surface area (Å²) in [6, 6.07) is 0. The van der Waals surface area contributed by atoms with Crippen molar-refractivity contribution in [3.05, 3.63) is 27.2 Å². The predicted octanol–water partition coefficient (Wildman–Crippen LogP) is -0.718. The molecule has 0 spiro atoms. The molecule has 142 valence electrons. The summed E-state index contributed by atoms with van der Waals surface area (Å²) in [4.78, 5) is 43.6. The van der Waals surface area contributed by atoms with E-state index in [9.17, 15) is 14.4 Å². The van der Waals surface area contributed by atoms with Crippen LogP contribution < -0.4 is 16.6 Å². The van der Waals surface area contributed by atoms with E-state index in [1.165, 1.54) is 23.7 Å². The van der Waals surface area contributed by atoms with Crippen LogP contribution in [-0.4, -0.2) is 55.7 Å². The number of piperidine rings is 1. The molecule has 3 rings (SSSR count). The highest BCUT2D eigenvalue weighted by Gasteiger charge is 2.18. The molecule has 1 aliphatic rings. The lowest BCUT2D eigenvalue weighted by Crippen LogP contribution is -2.45. The third-order valence-corrected chi connectivity index (χ3v) is 4.99. The minimum absolute atomic E-state index is 0.289. The van der Waals surface area contributed by atoms with Crippen molar-refractivity contribution in [2.45, 2.75) is 26.3 Å². The number of nitrogens with one attached hydrogen (secondary N) is 1. The second kappa shape index (κ2) is 7.45. The number of aromatic nitrogens is 4. The number of carbonyl (C=O) groups excluding carboxylic acids is 1. The standard InChI is InChI=1S/C17H26N6O3/c1-12-5-4-7-22(9-12)8-6-18-13(24)10-23-16(25)14-15(19-11-20(14)2)21(3)17(23)26/h11-12H,4-10H2,1-3H3,(H,18,24). The second-order valence-corrected chi connectivity index (χ2v) is 7.16. The molecule has 3 heterocycles. The van der Waals surface area contributed by atoms with E-state index in [2.05, 4.69) is 22.1 Å². The Morgan fingerprint density at radius 1 is 1.35 bits per heavy atom. The molecule has 2 aromatic heterocycles. The molecule has 1 atom stereocenters. The van der Waals surface area contributed by atoms with Crippen LogP contribution in [0, 0.1) is 5.92 Å². The number of hydrogen-bond acceptors (Lipinski definition) is 5. The number of aryl methyl sites for hydroxylation is 2. The fourth-order valence-electron chi connectivity index (χ4n) is 3.58. The number of likely N-dealkylation sites (tertiary alicyclic amines) is 1. The number of rotatable bonds is 5. The highest BCUT2D eigenvalue weighted by Crippen LogP contribution is 2.14. The smallest absolute Gasteiger partial charge is 0.332 e. The van der Waals surface area contributed by atoms with E-state index in [-0.39, 0.29) is 12.5 Å². The van der Waals surface area contributed by atoms with Gasteiger partial charge in [0.25, 0.3) is 5.56 Å². The molecule has 1 aliphatic heterocycles. The van der Waals surface area contributed by atoms with E-state index < -0.39 is 11.2 Å². The van der Waals surface area contributed by atoms with Gasteiger partial charge in [0.1, 0.15) is 6.54 Å². The Kier molecular flexibility index (Phi) is 5.26. The van der Waals surface area contributed by atoms with Crippen molar-refractivity contribution < 1.29 is 4.79 Å². The number of fused-ring (bicyclic) bond motifs is 1. The topological polar surface area (TPSA) is 94.2 Å². The Labute approximate surface area is 151 Å². The lowest BCUT2D eigenvalue weighted by atomic mass is 10.0. The van der Waals surface area contributed by atoms with Crippen LogP contribution in [0.4, 0.5) is 0 Å². The molecule has 26 heavy (non-hydrogen) atoms. The molecule has 2 aromatic rings. The number of amides is 1. The van der Waals surface area contributed by atoms with E-state index >= 15 is 0 Å². The Bertz CT molecular complexity index is 925. The van der Waals surface area contributed by atoms with Gasteiger partial charge in [-0.05, 0) is 25.3 Å². The summed E-state index contributed by atoms with van der Waals surface area (Å²) in [5.74, 6) is 0.349. The maximum atomic E-state index is 12.6. The van der Waals surface area contributed by atoms with Gasteiger partial charge in [-0.2, -0.15) is 0 Å². The normalized spacial score (nSPS) is 18.3. The van der Waals surface area contributed by atoms with Crippen molar-refractivity contribution in [2.75, 3.05) is 26.2 Å². The summed E-state index contributed by atoms with van der Waals surface area (Å²) in [6.07, 6.45) is 3.92. The zero-order chi connectivity index (χ0) is 18.8. The van der Waals surface area contributed by atoms with E-state index in [4.69, 9.17) is 0 Å². The van der Waals surface area contributed by atoms with Crippen LogP contribution in [0.3, 0.4) is 0 Å². The summed E-state index contributed by atoms with van der Waals surface area (Å²) in [6.45, 7) is 5.34. The lowest BCUT2D eigenvalue weighted by Gasteiger charge is -2.30. The number of hydrogen-bond donors (Lipinski definition) is 1. The summed E-state index contributed by atoms with van der Waals surface area (Å²) in [5, 5.41) is 2.81. The van der Waals surface area contributed by atoms with Gasteiger partial charge in [0.15, 0.2) is 11.2 Å². The van der Waals surface area contributed by atoms with Gasteiger partial charge >= 0.3 is 5.69 Å². The summed E-state index contributed by atoms with van der Waals surface area (Å²) < 4.78 is 3.81. The van der Waals surface area contributed by atoms with Crippen LogP contribution in [0.2, 0.25) is 0 Å². The summed E-state index contributed by atoms with van der Waals surface area (Å²) in [7, 11) is 3.23. The van der Waals surface area contributed by atoms with E-state index in [1.807, 2.05) is 0 Å². The summed E-state index contributed by atoms with van der Waals surface area (Å²) >= 11 is 0. The van der Waals surface area contributed by atoms with Gasteiger partial charge in [-0.15, -0.1) is 0 Å². The Morgan fingerprint density at radius 2 is 2.12 bits per heavy atom. The van der Waals surface area contributed by atoms with Gasteiger partial charge in [0.2, 0.25) is 5.91 Å². The molecule has 0 radical (unpaired) electrons. The van der Waals surface area contributed by atoms with Crippen LogP contribution in [-0.2, 0) is 25.4 Å². The summed E-state index contributed by atoms with van der Waals surface area (Å²) in [5.41, 5.74) is -0.412. The quantitative estimate of drug-likeness (QED) is 0.758. The molecule has 1 saturated heterocycles. The second-order valence-electron chi connectivity index (χ2n) is 7.16. The van der Waals surface area contributed by atoms with Crippen molar-refractivity contribution in [3.63, 3.8) is 0 Å². The molecule has 0 bridgehead atoms. The molecule has 9 heteroatoms. The zero-order valence-corrected chi connectivity index (χ0v) is 15.6. The monoisotopic (exact) mass is 362 g/mol. The van der Waals surface area contributed by atoms with Gasteiger partial charge in [-0.1, -0.05) is 6.92 Å². The van der Waals surface area contributed by atoms with Crippen molar-refractivity contribution in [3.8, 4) is 0 Å². The van der Waals surface area contributed by atoms with Gasteiger partial charge in [-0.3, -0.25) is 14.2 Å². The first-order valence-corrected chi connectivity index (χ1v) is 8.98. The molecule has 1 amide bonds. The first-order valence-electron chi connectivity index (χ1n) is 8.98. The zero-order valence-electron chi connectivity index (χ0n) is 15.6. The molecule has 0 saturated carbocycles. The number of imidazole rings is 1. The number of nitrogens with zero attached hydrogens (tertiary/aromatic N) is 5. The minimum atomic E-state index is -0.541. The van der Waals surface area contributed by atoms with Crippen LogP contribution in [0.25, 0.3) is 11.2 Å². The van der Waals surface area contributed by atoms with Crippen molar-refractivity contribution in [1.82, 2.24) is 28.9 Å². The molecule has 9 nitrogen and oxygen atoms in total.